The van der Waals surface area contributed by atoms with Crippen molar-refractivity contribution in [2.24, 2.45) is 0 Å². The smallest absolute Gasteiger partial charge is 0.261 e. The summed E-state index contributed by atoms with van der Waals surface area (Å²) in [6, 6.07) is 9.33. The van der Waals surface area contributed by atoms with E-state index in [4.69, 9.17) is 16.6 Å². The Morgan fingerprint density at radius 3 is 2.61 bits per heavy atom. The van der Waals surface area contributed by atoms with Crippen molar-refractivity contribution >= 4 is 23.2 Å². The number of hydrogen-bond donors (Lipinski definition) is 1. The Morgan fingerprint density at radius 1 is 1.14 bits per heavy atom. The first-order chi connectivity index (χ1) is 13.7. The molecule has 2 aromatic heterocycles. The second-order valence-corrected chi connectivity index (χ2v) is 7.68. The molecule has 0 radical (unpaired) electrons. The van der Waals surface area contributed by atoms with Crippen LogP contribution in [0.4, 0.5) is 5.82 Å². The highest BCUT2D eigenvalue weighted by Gasteiger charge is 2.19. The molecule has 148 valence electrons. The minimum absolute atomic E-state index is 0.0389. The highest BCUT2D eigenvalue weighted by atomic mass is 35.5. The zero-order valence-electron chi connectivity index (χ0n) is 16.2. The molecule has 1 N–H and O–H groups in total. The second-order valence-electron chi connectivity index (χ2n) is 7.24. The molecule has 0 amide bonds. The largest absolute Gasteiger partial charge is 0.355 e. The number of benzene rings is 1. The summed E-state index contributed by atoms with van der Waals surface area (Å²) in [6.07, 6.45) is 5.21. The highest BCUT2D eigenvalue weighted by Crippen LogP contribution is 2.23. The van der Waals surface area contributed by atoms with E-state index in [9.17, 15) is 4.79 Å². The van der Waals surface area contributed by atoms with Gasteiger partial charge in [-0.25, -0.2) is 4.98 Å². The van der Waals surface area contributed by atoms with Gasteiger partial charge in [-0.05, 0) is 18.6 Å². The van der Waals surface area contributed by atoms with Gasteiger partial charge in [-0.2, -0.15) is 0 Å². The van der Waals surface area contributed by atoms with Crippen molar-refractivity contribution in [3.05, 3.63) is 51.9 Å². The molecule has 0 saturated carbocycles. The van der Waals surface area contributed by atoms with Crippen molar-refractivity contribution < 1.29 is 0 Å². The first-order valence-corrected chi connectivity index (χ1v) is 10.4. The zero-order valence-corrected chi connectivity index (χ0v) is 17.0. The summed E-state index contributed by atoms with van der Waals surface area (Å²) in [6.45, 7) is 6.71. The van der Waals surface area contributed by atoms with Crippen LogP contribution >= 0.6 is 11.6 Å². The maximum absolute atomic E-state index is 12.9. The topological polar surface area (TPSA) is 54.6 Å². The van der Waals surface area contributed by atoms with Gasteiger partial charge in [0.05, 0.1) is 5.69 Å². The molecule has 4 rings (SSSR count). The Labute approximate surface area is 169 Å². The molecule has 3 heterocycles. The number of anilines is 1. The van der Waals surface area contributed by atoms with E-state index < -0.39 is 0 Å². The Kier molecular flexibility index (Phi) is 5.69. The first kappa shape index (κ1) is 19.0. The fraction of sp³-hybridized carbons (Fsp3) is 0.429. The van der Waals surface area contributed by atoms with Crippen molar-refractivity contribution in [2.45, 2.75) is 32.7 Å². The molecular weight excluding hydrogens is 374 g/mol. The van der Waals surface area contributed by atoms with Crippen molar-refractivity contribution in [3.63, 3.8) is 0 Å². The molecule has 0 atom stereocenters. The summed E-state index contributed by atoms with van der Waals surface area (Å²) in [4.78, 5) is 20.0. The average molecular weight is 400 g/mol. The van der Waals surface area contributed by atoms with Crippen LogP contribution in [0.5, 0.6) is 0 Å². The lowest BCUT2D eigenvalue weighted by molar-refractivity contribution is 0.552. The molecule has 0 spiro atoms. The van der Waals surface area contributed by atoms with Gasteiger partial charge in [0, 0.05) is 55.6 Å². The second kappa shape index (κ2) is 8.37. The fourth-order valence-corrected chi connectivity index (χ4v) is 3.86. The number of halogens is 1. The Balaban J connectivity index is 1.83. The highest BCUT2D eigenvalue weighted by molar-refractivity contribution is 6.30. The molecular formula is C21H26ClN5O. The van der Waals surface area contributed by atoms with E-state index in [1.165, 1.54) is 0 Å². The Bertz CT molecular complexity index is 1000. The van der Waals surface area contributed by atoms with Crippen LogP contribution in [0.3, 0.4) is 0 Å². The average Bonchev–Trinajstić information content (AvgIpc) is 3.17. The Morgan fingerprint density at radius 2 is 1.89 bits per heavy atom. The van der Waals surface area contributed by atoms with Crippen molar-refractivity contribution in [2.75, 3.05) is 31.1 Å². The number of nitrogens with one attached hydrogen (secondary N) is 1. The van der Waals surface area contributed by atoms with Gasteiger partial charge in [0.1, 0.15) is 5.82 Å². The van der Waals surface area contributed by atoms with Crippen molar-refractivity contribution in [1.29, 1.82) is 0 Å². The third-order valence-electron chi connectivity index (χ3n) is 5.26. The van der Waals surface area contributed by atoms with Gasteiger partial charge in [0.15, 0.2) is 0 Å². The first-order valence-electron chi connectivity index (χ1n) is 10.0. The van der Waals surface area contributed by atoms with Gasteiger partial charge < -0.3 is 10.2 Å². The van der Waals surface area contributed by atoms with Crippen LogP contribution in [-0.2, 0) is 6.54 Å². The number of aromatic nitrogens is 3. The lowest BCUT2D eigenvalue weighted by Crippen LogP contribution is -2.45. The van der Waals surface area contributed by atoms with Gasteiger partial charge in [-0.15, -0.1) is 0 Å². The summed E-state index contributed by atoms with van der Waals surface area (Å²) in [7, 11) is 0. The SMILES string of the molecule is CCCCCn1c(N2CCNCC2)cc(=O)n2cc(-c3ccc(Cl)cc3)nc12. The van der Waals surface area contributed by atoms with Crippen LogP contribution in [0.2, 0.25) is 5.02 Å². The summed E-state index contributed by atoms with van der Waals surface area (Å²) < 4.78 is 3.88. The van der Waals surface area contributed by atoms with Crippen LogP contribution in [0.15, 0.2) is 41.3 Å². The molecule has 0 bridgehead atoms. The van der Waals surface area contributed by atoms with Crippen LogP contribution < -0.4 is 15.8 Å². The quantitative estimate of drug-likeness (QED) is 0.645. The molecule has 6 nitrogen and oxygen atoms in total. The maximum Gasteiger partial charge on any atom is 0.261 e. The van der Waals surface area contributed by atoms with Crippen LogP contribution in [-0.4, -0.2) is 40.1 Å². The molecule has 1 aliphatic heterocycles. The molecule has 0 unspecified atom stereocenters. The Hall–Kier alpha value is -2.31. The standard InChI is InChI=1S/C21H26ClN5O/c1-2-3-4-11-26-19(25-12-9-23-10-13-25)14-20(28)27-15-18(24-21(26)27)16-5-7-17(22)8-6-16/h5-8,14-15,23H,2-4,9-13H2,1H3. The molecule has 1 saturated heterocycles. The summed E-state index contributed by atoms with van der Waals surface area (Å²) >= 11 is 6.02. The lowest BCUT2D eigenvalue weighted by Gasteiger charge is -2.31. The lowest BCUT2D eigenvalue weighted by atomic mass is 10.2. The molecule has 1 aliphatic rings. The van der Waals surface area contributed by atoms with E-state index in [2.05, 4.69) is 21.7 Å². The fourth-order valence-electron chi connectivity index (χ4n) is 3.73. The number of fused-ring (bicyclic) bond motifs is 1. The number of hydrogen-bond acceptors (Lipinski definition) is 4. The van der Waals surface area contributed by atoms with E-state index in [0.717, 1.165) is 69.1 Å². The van der Waals surface area contributed by atoms with Gasteiger partial charge in [-0.3, -0.25) is 13.8 Å². The number of piperazine rings is 1. The van der Waals surface area contributed by atoms with E-state index in [-0.39, 0.29) is 5.56 Å². The minimum Gasteiger partial charge on any atom is -0.355 e. The summed E-state index contributed by atoms with van der Waals surface area (Å²) in [5.74, 6) is 1.69. The predicted molar refractivity (Wildman–Crippen MR) is 115 cm³/mol. The number of imidazole rings is 1. The van der Waals surface area contributed by atoms with Crippen molar-refractivity contribution in [1.82, 2.24) is 19.3 Å². The normalized spacial score (nSPS) is 14.7. The van der Waals surface area contributed by atoms with Gasteiger partial charge >= 0.3 is 0 Å². The molecule has 1 fully saturated rings. The third kappa shape index (κ3) is 3.80. The summed E-state index contributed by atoms with van der Waals surface area (Å²) in [5.41, 5.74) is 1.70. The number of aryl methyl sites for hydroxylation is 1. The molecule has 0 aliphatic carbocycles. The van der Waals surface area contributed by atoms with E-state index >= 15 is 0 Å². The number of rotatable bonds is 6. The molecule has 3 aromatic rings. The minimum atomic E-state index is -0.0389. The van der Waals surface area contributed by atoms with Crippen LogP contribution in [0.25, 0.3) is 17.0 Å². The van der Waals surface area contributed by atoms with E-state index in [1.54, 1.807) is 10.5 Å². The number of unbranched alkanes of at least 4 members (excludes halogenated alkanes) is 2. The molecule has 28 heavy (non-hydrogen) atoms. The van der Waals surface area contributed by atoms with Crippen LogP contribution in [0.1, 0.15) is 26.2 Å². The maximum atomic E-state index is 12.9. The van der Waals surface area contributed by atoms with E-state index in [1.807, 2.05) is 30.5 Å². The van der Waals surface area contributed by atoms with Gasteiger partial charge in [0.2, 0.25) is 5.78 Å². The zero-order chi connectivity index (χ0) is 19.5. The van der Waals surface area contributed by atoms with Crippen molar-refractivity contribution in [3.8, 4) is 11.3 Å². The molecule has 1 aromatic carbocycles. The van der Waals surface area contributed by atoms with Gasteiger partial charge in [0.25, 0.3) is 5.56 Å². The predicted octanol–water partition coefficient (Wildman–Crippen LogP) is 3.42. The monoisotopic (exact) mass is 399 g/mol. The number of nitrogens with zero attached hydrogens (tertiary/aromatic N) is 4. The van der Waals surface area contributed by atoms with E-state index in [0.29, 0.717) is 10.8 Å². The molecule has 7 heteroatoms. The van der Waals surface area contributed by atoms with Crippen LogP contribution in [0, 0.1) is 0 Å². The third-order valence-corrected chi connectivity index (χ3v) is 5.51. The summed E-state index contributed by atoms with van der Waals surface area (Å²) in [5, 5.41) is 4.07. The van der Waals surface area contributed by atoms with Gasteiger partial charge in [-0.1, -0.05) is 43.5 Å².